The molecule has 35 heavy (non-hydrogen) atoms. The number of likely N-dealkylation sites (N-methyl/N-ethyl adjacent to an activating group) is 1. The number of pyridine rings is 1. The minimum Gasteiger partial charge on any atom is -0.507 e. The van der Waals surface area contributed by atoms with Crippen molar-refractivity contribution in [2.75, 3.05) is 39.0 Å². The van der Waals surface area contributed by atoms with Gasteiger partial charge in [-0.05, 0) is 56.4 Å². The number of aromatic nitrogens is 1. The molecule has 1 aliphatic heterocycles. The number of carbonyl (C=O) groups is 1. The summed E-state index contributed by atoms with van der Waals surface area (Å²) >= 11 is 7.06. The second kappa shape index (κ2) is 10.1. The van der Waals surface area contributed by atoms with Gasteiger partial charge in [-0.2, -0.15) is 13.2 Å². The summed E-state index contributed by atoms with van der Waals surface area (Å²) in [7, 11) is 1.98. The van der Waals surface area contributed by atoms with Crippen molar-refractivity contribution >= 4 is 40.2 Å². The number of rotatable bonds is 4. The SMILES string of the molecule is CN1CCCN(C(=O)CSc2c(-c3cc(Cl)ccc3O)c3cc(C(F)(F)F)ccc3[nH]c2=O)CC1. The van der Waals surface area contributed by atoms with Crippen LogP contribution in [0.4, 0.5) is 13.2 Å². The number of aromatic amines is 1. The van der Waals surface area contributed by atoms with Gasteiger partial charge in [0.2, 0.25) is 5.91 Å². The van der Waals surface area contributed by atoms with E-state index in [0.29, 0.717) is 13.1 Å². The molecule has 2 heterocycles. The number of thioether (sulfide) groups is 1. The molecule has 0 unspecified atom stereocenters. The normalized spacial score (nSPS) is 15.4. The monoisotopic (exact) mass is 525 g/mol. The van der Waals surface area contributed by atoms with Crippen molar-refractivity contribution in [3.8, 4) is 16.9 Å². The van der Waals surface area contributed by atoms with E-state index >= 15 is 0 Å². The number of hydrogen-bond donors (Lipinski definition) is 2. The maximum Gasteiger partial charge on any atom is 0.416 e. The summed E-state index contributed by atoms with van der Waals surface area (Å²) in [4.78, 5) is 32.5. The maximum absolute atomic E-state index is 13.5. The molecule has 3 aromatic rings. The lowest BCUT2D eigenvalue weighted by Gasteiger charge is -2.21. The predicted molar refractivity (Wildman–Crippen MR) is 131 cm³/mol. The minimum atomic E-state index is -4.61. The molecule has 186 valence electrons. The fourth-order valence-electron chi connectivity index (χ4n) is 4.09. The van der Waals surface area contributed by atoms with Crippen LogP contribution in [0.3, 0.4) is 0 Å². The standard InChI is InChI=1S/C24H23ClF3N3O3S/c1-30-7-2-8-31(10-9-30)20(33)13-35-22-21(17-12-15(25)4-6-19(17)32)16-11-14(24(26,27)28)3-5-18(16)29-23(22)34/h3-6,11-12,32H,2,7-10,13H2,1H3,(H,29,34). The molecule has 1 aromatic heterocycles. The fourth-order valence-corrected chi connectivity index (χ4v) is 5.25. The molecular formula is C24H23ClF3N3O3S. The lowest BCUT2D eigenvalue weighted by atomic mass is 9.98. The summed E-state index contributed by atoms with van der Waals surface area (Å²) in [6.07, 6.45) is -3.79. The van der Waals surface area contributed by atoms with Crippen LogP contribution < -0.4 is 5.56 Å². The van der Waals surface area contributed by atoms with Crippen molar-refractivity contribution < 1.29 is 23.1 Å². The average Bonchev–Trinajstić information content (AvgIpc) is 3.02. The van der Waals surface area contributed by atoms with Crippen LogP contribution in [0.15, 0.2) is 46.1 Å². The Balaban J connectivity index is 1.81. The number of fused-ring (bicyclic) bond motifs is 1. The van der Waals surface area contributed by atoms with Crippen molar-refractivity contribution in [1.82, 2.24) is 14.8 Å². The van der Waals surface area contributed by atoms with Crippen LogP contribution in [0.5, 0.6) is 5.75 Å². The summed E-state index contributed by atoms with van der Waals surface area (Å²) in [5.41, 5.74) is -1.09. The summed E-state index contributed by atoms with van der Waals surface area (Å²) in [6, 6.07) is 7.12. The van der Waals surface area contributed by atoms with Crippen LogP contribution in [-0.2, 0) is 11.0 Å². The number of phenolic OH excluding ortho intramolecular Hbond substituents is 1. The molecule has 1 saturated heterocycles. The average molecular weight is 526 g/mol. The Bertz CT molecular complexity index is 1330. The third kappa shape index (κ3) is 5.60. The number of aromatic hydroxyl groups is 1. The third-order valence-corrected chi connectivity index (χ3v) is 7.24. The van der Waals surface area contributed by atoms with Gasteiger partial charge in [-0.15, -0.1) is 11.8 Å². The zero-order valence-electron chi connectivity index (χ0n) is 18.8. The van der Waals surface area contributed by atoms with E-state index in [4.69, 9.17) is 11.6 Å². The molecule has 4 rings (SSSR count). The van der Waals surface area contributed by atoms with Crippen molar-refractivity contribution in [1.29, 1.82) is 0 Å². The summed E-state index contributed by atoms with van der Waals surface area (Å²) in [5, 5.41) is 10.9. The van der Waals surface area contributed by atoms with Crippen LogP contribution in [0.2, 0.25) is 5.02 Å². The first-order valence-corrected chi connectivity index (χ1v) is 12.3. The number of halogens is 4. The number of amides is 1. The number of carbonyl (C=O) groups excluding carboxylic acids is 1. The molecule has 0 radical (unpaired) electrons. The molecule has 1 fully saturated rings. The molecule has 6 nitrogen and oxygen atoms in total. The molecule has 0 aliphatic carbocycles. The quantitative estimate of drug-likeness (QED) is 0.477. The first kappa shape index (κ1) is 25.4. The second-order valence-corrected chi connectivity index (χ2v) is 9.83. The van der Waals surface area contributed by atoms with E-state index in [1.807, 2.05) is 7.05 Å². The Labute approximate surface area is 208 Å². The van der Waals surface area contributed by atoms with Gasteiger partial charge >= 0.3 is 6.18 Å². The highest BCUT2D eigenvalue weighted by Crippen LogP contribution is 2.42. The van der Waals surface area contributed by atoms with E-state index in [0.717, 1.165) is 43.4 Å². The van der Waals surface area contributed by atoms with Gasteiger partial charge in [0.05, 0.1) is 16.2 Å². The number of nitrogens with one attached hydrogen (secondary N) is 1. The molecule has 2 aromatic carbocycles. The van der Waals surface area contributed by atoms with Crippen molar-refractivity contribution in [2.24, 2.45) is 0 Å². The molecule has 0 saturated carbocycles. The first-order valence-electron chi connectivity index (χ1n) is 10.9. The van der Waals surface area contributed by atoms with Gasteiger partial charge in [0.25, 0.3) is 5.56 Å². The topological polar surface area (TPSA) is 76.6 Å². The molecule has 2 N–H and O–H groups in total. The molecule has 1 aliphatic rings. The summed E-state index contributed by atoms with van der Waals surface area (Å²) < 4.78 is 40.5. The minimum absolute atomic E-state index is 0.0367. The van der Waals surface area contributed by atoms with Crippen LogP contribution in [0.1, 0.15) is 12.0 Å². The Kier molecular flexibility index (Phi) is 7.35. The van der Waals surface area contributed by atoms with Gasteiger partial charge in [0.1, 0.15) is 5.75 Å². The van der Waals surface area contributed by atoms with Crippen LogP contribution in [0.25, 0.3) is 22.0 Å². The Morgan fingerprint density at radius 1 is 1.14 bits per heavy atom. The van der Waals surface area contributed by atoms with Crippen molar-refractivity contribution in [2.45, 2.75) is 17.5 Å². The number of benzene rings is 2. The second-order valence-electron chi connectivity index (χ2n) is 8.40. The third-order valence-electron chi connectivity index (χ3n) is 5.94. The van der Waals surface area contributed by atoms with Gasteiger partial charge in [-0.3, -0.25) is 9.59 Å². The molecule has 0 spiro atoms. The van der Waals surface area contributed by atoms with E-state index < -0.39 is 17.3 Å². The van der Waals surface area contributed by atoms with Gasteiger partial charge in [-0.25, -0.2) is 0 Å². The molecule has 0 bridgehead atoms. The number of H-pyrrole nitrogens is 1. The molecule has 0 atom stereocenters. The zero-order chi connectivity index (χ0) is 25.3. The highest BCUT2D eigenvalue weighted by molar-refractivity contribution is 8.00. The van der Waals surface area contributed by atoms with E-state index in [-0.39, 0.29) is 49.4 Å². The largest absolute Gasteiger partial charge is 0.507 e. The highest BCUT2D eigenvalue weighted by Gasteiger charge is 2.31. The number of hydrogen-bond acceptors (Lipinski definition) is 5. The van der Waals surface area contributed by atoms with Crippen LogP contribution in [-0.4, -0.2) is 64.8 Å². The molecular weight excluding hydrogens is 503 g/mol. The predicted octanol–water partition coefficient (Wildman–Crippen LogP) is 4.83. The Hall–Kier alpha value is -2.69. The Morgan fingerprint density at radius 3 is 2.66 bits per heavy atom. The van der Waals surface area contributed by atoms with E-state index in [9.17, 15) is 27.9 Å². The molecule has 1 amide bonds. The first-order chi connectivity index (χ1) is 16.5. The van der Waals surface area contributed by atoms with Gasteiger partial charge in [-0.1, -0.05) is 11.6 Å². The van der Waals surface area contributed by atoms with Gasteiger partial charge < -0.3 is 19.9 Å². The van der Waals surface area contributed by atoms with E-state index in [2.05, 4.69) is 9.88 Å². The van der Waals surface area contributed by atoms with Gasteiger partial charge in [0, 0.05) is 46.7 Å². The van der Waals surface area contributed by atoms with E-state index in [1.165, 1.54) is 24.3 Å². The zero-order valence-corrected chi connectivity index (χ0v) is 20.4. The number of alkyl halides is 3. The number of phenols is 1. The Morgan fingerprint density at radius 2 is 1.91 bits per heavy atom. The summed E-state index contributed by atoms with van der Waals surface area (Å²) in [5.74, 6) is -0.497. The van der Waals surface area contributed by atoms with E-state index in [1.54, 1.807) is 4.90 Å². The highest BCUT2D eigenvalue weighted by atomic mass is 35.5. The van der Waals surface area contributed by atoms with Crippen LogP contribution in [0, 0.1) is 0 Å². The summed E-state index contributed by atoms with van der Waals surface area (Å²) in [6.45, 7) is 2.76. The van der Waals surface area contributed by atoms with Crippen molar-refractivity contribution in [3.05, 3.63) is 57.3 Å². The maximum atomic E-state index is 13.5. The lowest BCUT2D eigenvalue weighted by Crippen LogP contribution is -2.35. The fraction of sp³-hybridized carbons (Fsp3) is 0.333. The smallest absolute Gasteiger partial charge is 0.416 e. The lowest BCUT2D eigenvalue weighted by molar-refractivity contribution is -0.137. The molecule has 11 heteroatoms. The number of nitrogens with zero attached hydrogens (tertiary/aromatic N) is 2. The van der Waals surface area contributed by atoms with Crippen LogP contribution >= 0.6 is 23.4 Å². The van der Waals surface area contributed by atoms with Gasteiger partial charge in [0.15, 0.2) is 0 Å². The van der Waals surface area contributed by atoms with Crippen molar-refractivity contribution in [3.63, 3.8) is 0 Å².